The second kappa shape index (κ2) is 5.25. The van der Waals surface area contributed by atoms with Gasteiger partial charge in [0.2, 0.25) is 0 Å². The Morgan fingerprint density at radius 1 is 0.842 bits per heavy atom. The monoisotopic (exact) mass is 284 g/mol. The Kier molecular flexibility index (Phi) is 3.85. The molecule has 0 saturated carbocycles. The van der Waals surface area contributed by atoms with Crippen molar-refractivity contribution >= 4 is 11.6 Å². The molecule has 0 N–H and O–H groups in total. The van der Waals surface area contributed by atoms with E-state index in [-0.39, 0.29) is 5.56 Å². The Balaban J connectivity index is 2.52. The number of hydrogen-bond donors (Lipinski definition) is 0. The van der Waals surface area contributed by atoms with Gasteiger partial charge in [0, 0.05) is 11.6 Å². The third kappa shape index (κ3) is 2.76. The van der Waals surface area contributed by atoms with Crippen LogP contribution in [0.1, 0.15) is 27.6 Å². The van der Waals surface area contributed by atoms with Crippen LogP contribution >= 0.6 is 11.6 Å². The zero-order valence-electron chi connectivity index (χ0n) is 10.5. The molecular weight excluding hydrogens is 273 g/mol. The summed E-state index contributed by atoms with van der Waals surface area (Å²) in [5.41, 5.74) is 2.46. The normalized spacial score (nSPS) is 12.5. The van der Waals surface area contributed by atoms with E-state index in [2.05, 4.69) is 0 Å². The molecule has 1 unspecified atom stereocenters. The van der Waals surface area contributed by atoms with Crippen LogP contribution < -0.4 is 0 Å². The van der Waals surface area contributed by atoms with Crippen LogP contribution in [0, 0.1) is 31.3 Å². The van der Waals surface area contributed by atoms with Gasteiger partial charge in [-0.05, 0) is 31.0 Å². The lowest BCUT2D eigenvalue weighted by atomic mass is 9.97. The minimum atomic E-state index is -1.22. The second-order valence-corrected chi connectivity index (χ2v) is 4.95. The Morgan fingerprint density at radius 3 is 2.16 bits per heavy atom. The van der Waals surface area contributed by atoms with E-state index in [1.54, 1.807) is 0 Å². The molecule has 0 aliphatic heterocycles. The highest BCUT2D eigenvalue weighted by molar-refractivity contribution is 6.22. The van der Waals surface area contributed by atoms with Crippen LogP contribution in [-0.4, -0.2) is 0 Å². The van der Waals surface area contributed by atoms with Gasteiger partial charge in [0.05, 0.1) is 5.38 Å². The van der Waals surface area contributed by atoms with E-state index in [9.17, 15) is 13.2 Å². The fourth-order valence-electron chi connectivity index (χ4n) is 1.93. The summed E-state index contributed by atoms with van der Waals surface area (Å²) in [4.78, 5) is 0. The second-order valence-electron chi connectivity index (χ2n) is 4.51. The van der Waals surface area contributed by atoms with Gasteiger partial charge in [-0.3, -0.25) is 0 Å². The molecule has 0 aliphatic rings. The molecule has 0 aliphatic carbocycles. The molecule has 0 heterocycles. The number of rotatable bonds is 2. The maximum atomic E-state index is 13.7. The van der Waals surface area contributed by atoms with Crippen molar-refractivity contribution in [3.8, 4) is 0 Å². The van der Waals surface area contributed by atoms with E-state index in [1.807, 2.05) is 32.0 Å². The van der Waals surface area contributed by atoms with Gasteiger partial charge >= 0.3 is 0 Å². The van der Waals surface area contributed by atoms with Gasteiger partial charge in [-0.15, -0.1) is 11.6 Å². The van der Waals surface area contributed by atoms with Crippen molar-refractivity contribution in [3.05, 3.63) is 70.0 Å². The topological polar surface area (TPSA) is 0 Å². The standard InChI is InChI=1S/C15H12ClF3/c1-8-3-4-9(2)10(5-8)15(16)11-6-13(18)14(19)7-12(11)17/h3-7,15H,1-2H3. The highest BCUT2D eigenvalue weighted by Crippen LogP contribution is 2.33. The molecular formula is C15H12ClF3. The van der Waals surface area contributed by atoms with Gasteiger partial charge < -0.3 is 0 Å². The fraction of sp³-hybridized carbons (Fsp3) is 0.200. The molecule has 2 aromatic rings. The summed E-state index contributed by atoms with van der Waals surface area (Å²) >= 11 is 6.21. The van der Waals surface area contributed by atoms with Gasteiger partial charge in [0.25, 0.3) is 0 Å². The van der Waals surface area contributed by atoms with Crippen molar-refractivity contribution in [3.63, 3.8) is 0 Å². The summed E-state index contributed by atoms with van der Waals surface area (Å²) in [6, 6.07) is 6.91. The fourth-order valence-corrected chi connectivity index (χ4v) is 2.33. The number of halogens is 4. The molecule has 0 nitrogen and oxygen atoms in total. The molecule has 100 valence electrons. The predicted octanol–water partition coefficient (Wildman–Crippen LogP) is 5.05. The first-order valence-corrected chi connectivity index (χ1v) is 6.19. The number of benzene rings is 2. The van der Waals surface area contributed by atoms with Gasteiger partial charge in [0.15, 0.2) is 11.6 Å². The molecule has 0 aromatic heterocycles. The van der Waals surface area contributed by atoms with Crippen LogP contribution in [0.2, 0.25) is 0 Å². The highest BCUT2D eigenvalue weighted by atomic mass is 35.5. The molecule has 2 rings (SSSR count). The van der Waals surface area contributed by atoms with E-state index in [1.165, 1.54) is 0 Å². The third-order valence-electron chi connectivity index (χ3n) is 3.02. The first-order chi connectivity index (χ1) is 8.90. The molecule has 4 heteroatoms. The molecule has 0 radical (unpaired) electrons. The Labute approximate surface area is 114 Å². The van der Waals surface area contributed by atoms with Gasteiger partial charge in [-0.2, -0.15) is 0 Å². The van der Waals surface area contributed by atoms with Gasteiger partial charge in [-0.1, -0.05) is 23.8 Å². The van der Waals surface area contributed by atoms with Crippen LogP contribution in [0.25, 0.3) is 0 Å². The lowest BCUT2D eigenvalue weighted by Crippen LogP contribution is -2.02. The predicted molar refractivity (Wildman–Crippen MR) is 69.9 cm³/mol. The molecule has 0 bridgehead atoms. The van der Waals surface area contributed by atoms with Crippen LogP contribution in [0.3, 0.4) is 0 Å². The van der Waals surface area contributed by atoms with Crippen molar-refractivity contribution < 1.29 is 13.2 Å². The minimum absolute atomic E-state index is 0.0609. The van der Waals surface area contributed by atoms with Crippen LogP contribution in [-0.2, 0) is 0 Å². The first kappa shape index (κ1) is 13.9. The minimum Gasteiger partial charge on any atom is -0.207 e. The summed E-state index contributed by atoms with van der Waals surface area (Å²) in [6.45, 7) is 3.72. The lowest BCUT2D eigenvalue weighted by molar-refractivity contribution is 0.490. The molecule has 0 fully saturated rings. The summed E-state index contributed by atoms with van der Waals surface area (Å²) in [5, 5.41) is -0.852. The Bertz CT molecular complexity index is 623. The lowest BCUT2D eigenvalue weighted by Gasteiger charge is -2.15. The zero-order valence-corrected chi connectivity index (χ0v) is 11.2. The van der Waals surface area contributed by atoms with E-state index < -0.39 is 22.8 Å². The molecule has 1 atom stereocenters. The van der Waals surface area contributed by atoms with E-state index in [0.29, 0.717) is 11.6 Å². The molecule has 19 heavy (non-hydrogen) atoms. The van der Waals surface area contributed by atoms with Crippen LogP contribution in [0.4, 0.5) is 13.2 Å². The third-order valence-corrected chi connectivity index (χ3v) is 3.49. The summed E-state index contributed by atoms with van der Waals surface area (Å²) < 4.78 is 39.8. The van der Waals surface area contributed by atoms with Crippen molar-refractivity contribution in [1.29, 1.82) is 0 Å². The smallest absolute Gasteiger partial charge is 0.161 e. The number of aryl methyl sites for hydroxylation is 2. The van der Waals surface area contributed by atoms with Crippen molar-refractivity contribution in [2.45, 2.75) is 19.2 Å². The van der Waals surface area contributed by atoms with E-state index in [4.69, 9.17) is 11.6 Å². The van der Waals surface area contributed by atoms with E-state index >= 15 is 0 Å². The van der Waals surface area contributed by atoms with Crippen molar-refractivity contribution in [1.82, 2.24) is 0 Å². The molecule has 0 amide bonds. The average molecular weight is 285 g/mol. The SMILES string of the molecule is Cc1ccc(C)c(C(Cl)c2cc(F)c(F)cc2F)c1. The number of hydrogen-bond acceptors (Lipinski definition) is 0. The van der Waals surface area contributed by atoms with Crippen molar-refractivity contribution in [2.24, 2.45) is 0 Å². The number of alkyl halides is 1. The average Bonchev–Trinajstić information content (AvgIpc) is 2.36. The van der Waals surface area contributed by atoms with Crippen LogP contribution in [0.5, 0.6) is 0 Å². The van der Waals surface area contributed by atoms with Crippen LogP contribution in [0.15, 0.2) is 30.3 Å². The largest absolute Gasteiger partial charge is 0.207 e. The summed E-state index contributed by atoms with van der Waals surface area (Å²) in [5.74, 6) is -3.17. The Hall–Kier alpha value is -1.48. The summed E-state index contributed by atoms with van der Waals surface area (Å²) in [7, 11) is 0. The molecule has 0 spiro atoms. The molecule has 2 aromatic carbocycles. The maximum absolute atomic E-state index is 13.7. The van der Waals surface area contributed by atoms with Gasteiger partial charge in [0.1, 0.15) is 5.82 Å². The van der Waals surface area contributed by atoms with Gasteiger partial charge in [-0.25, -0.2) is 13.2 Å². The maximum Gasteiger partial charge on any atom is 0.161 e. The highest BCUT2D eigenvalue weighted by Gasteiger charge is 2.20. The molecule has 0 saturated heterocycles. The zero-order chi connectivity index (χ0) is 14.2. The quantitative estimate of drug-likeness (QED) is 0.535. The van der Waals surface area contributed by atoms with Crippen molar-refractivity contribution in [2.75, 3.05) is 0 Å². The van der Waals surface area contributed by atoms with E-state index in [0.717, 1.165) is 17.2 Å². The Morgan fingerprint density at radius 2 is 1.47 bits per heavy atom. The first-order valence-electron chi connectivity index (χ1n) is 5.76. The summed E-state index contributed by atoms with van der Waals surface area (Å²) in [6.07, 6.45) is 0.